The second kappa shape index (κ2) is 5.11. The number of aliphatic hydroxyl groups excluding tert-OH is 1. The first-order valence-electron chi connectivity index (χ1n) is 8.15. The maximum atomic E-state index is 10.6. The molecule has 23 heavy (non-hydrogen) atoms. The Balaban J connectivity index is 1.93. The number of ether oxygens (including phenoxy) is 2. The van der Waals surface area contributed by atoms with Crippen molar-refractivity contribution in [2.24, 2.45) is 5.92 Å². The second-order valence-electron chi connectivity index (χ2n) is 6.95. The molecule has 1 aromatic rings. The largest absolute Gasteiger partial charge is 0.493 e. The minimum absolute atomic E-state index is 0.216. The first-order chi connectivity index (χ1) is 11.1. The molecule has 0 aromatic heterocycles. The summed E-state index contributed by atoms with van der Waals surface area (Å²) in [6, 6.07) is 4.05. The number of aliphatic hydroxyl groups is 1. The van der Waals surface area contributed by atoms with Crippen molar-refractivity contribution in [3.8, 4) is 11.5 Å². The van der Waals surface area contributed by atoms with Crippen molar-refractivity contribution in [3.05, 3.63) is 41.5 Å². The highest BCUT2D eigenvalue weighted by molar-refractivity contribution is 5.71. The molecular formula is C19H23NO3. The molecule has 2 aliphatic carbocycles. The van der Waals surface area contributed by atoms with Gasteiger partial charge in [-0.1, -0.05) is 30.4 Å². The third-order valence-corrected chi connectivity index (χ3v) is 5.47. The van der Waals surface area contributed by atoms with Gasteiger partial charge >= 0.3 is 0 Å². The molecule has 0 fully saturated rings. The van der Waals surface area contributed by atoms with Gasteiger partial charge in [-0.05, 0) is 38.7 Å². The number of rotatable bonds is 4. The predicted molar refractivity (Wildman–Crippen MR) is 89.9 cm³/mol. The van der Waals surface area contributed by atoms with Gasteiger partial charge in [-0.3, -0.25) is 0 Å². The van der Waals surface area contributed by atoms with Gasteiger partial charge in [-0.2, -0.15) is 0 Å². The quantitative estimate of drug-likeness (QED) is 0.866. The Labute approximate surface area is 137 Å². The SMILES string of the molecule is COc1ccc2c3c1O[C@H]1[C@@H](O)C=C[C@@H](C=C2)C31CCN(C)C. The van der Waals surface area contributed by atoms with E-state index < -0.39 is 6.10 Å². The Kier molecular flexibility index (Phi) is 3.29. The molecular weight excluding hydrogens is 290 g/mol. The van der Waals surface area contributed by atoms with Gasteiger partial charge in [-0.15, -0.1) is 0 Å². The molecule has 0 saturated heterocycles. The van der Waals surface area contributed by atoms with Gasteiger partial charge in [0, 0.05) is 11.5 Å². The molecule has 1 heterocycles. The van der Waals surface area contributed by atoms with Gasteiger partial charge in [0.2, 0.25) is 0 Å². The number of hydrogen-bond acceptors (Lipinski definition) is 4. The second-order valence-corrected chi connectivity index (χ2v) is 6.95. The number of allylic oxidation sites excluding steroid dienone is 2. The van der Waals surface area contributed by atoms with Crippen LogP contribution in [0, 0.1) is 5.92 Å². The molecule has 4 atom stereocenters. The Morgan fingerprint density at radius 3 is 2.83 bits per heavy atom. The molecule has 0 spiro atoms. The van der Waals surface area contributed by atoms with Crippen molar-refractivity contribution >= 4 is 6.08 Å². The fraction of sp³-hybridized carbons (Fsp3) is 0.474. The van der Waals surface area contributed by atoms with Crippen LogP contribution in [0.4, 0.5) is 0 Å². The summed E-state index contributed by atoms with van der Waals surface area (Å²) in [5.41, 5.74) is 2.17. The van der Waals surface area contributed by atoms with Crippen molar-refractivity contribution in [1.29, 1.82) is 0 Å². The van der Waals surface area contributed by atoms with E-state index in [2.05, 4.69) is 43.3 Å². The van der Waals surface area contributed by atoms with Crippen LogP contribution in [0.2, 0.25) is 0 Å². The third-order valence-electron chi connectivity index (χ3n) is 5.47. The van der Waals surface area contributed by atoms with E-state index in [4.69, 9.17) is 9.47 Å². The van der Waals surface area contributed by atoms with Crippen LogP contribution >= 0.6 is 0 Å². The van der Waals surface area contributed by atoms with Gasteiger partial charge in [0.25, 0.3) is 0 Å². The number of methoxy groups -OCH3 is 1. The molecule has 1 aromatic carbocycles. The average Bonchev–Trinajstić information content (AvgIpc) is 2.90. The fourth-order valence-corrected chi connectivity index (χ4v) is 4.37. The minimum atomic E-state index is -0.593. The highest BCUT2D eigenvalue weighted by atomic mass is 16.5. The van der Waals surface area contributed by atoms with Crippen molar-refractivity contribution in [2.45, 2.75) is 24.0 Å². The zero-order valence-electron chi connectivity index (χ0n) is 13.8. The van der Waals surface area contributed by atoms with Crippen LogP contribution in [-0.2, 0) is 5.41 Å². The first-order valence-corrected chi connectivity index (χ1v) is 8.15. The molecule has 3 aliphatic rings. The Morgan fingerprint density at radius 2 is 2.09 bits per heavy atom. The van der Waals surface area contributed by atoms with E-state index in [0.29, 0.717) is 0 Å². The highest BCUT2D eigenvalue weighted by Crippen LogP contribution is 2.59. The summed E-state index contributed by atoms with van der Waals surface area (Å²) >= 11 is 0. The van der Waals surface area contributed by atoms with E-state index in [1.165, 1.54) is 11.1 Å². The highest BCUT2D eigenvalue weighted by Gasteiger charge is 2.58. The number of hydrogen-bond donors (Lipinski definition) is 1. The average molecular weight is 313 g/mol. The van der Waals surface area contributed by atoms with Gasteiger partial charge in [-0.25, -0.2) is 0 Å². The molecule has 0 saturated carbocycles. The molecule has 122 valence electrons. The zero-order chi connectivity index (χ0) is 16.2. The normalized spacial score (nSPS) is 32.8. The van der Waals surface area contributed by atoms with E-state index >= 15 is 0 Å². The monoisotopic (exact) mass is 313 g/mol. The summed E-state index contributed by atoms with van der Waals surface area (Å²) in [5, 5.41) is 10.6. The van der Waals surface area contributed by atoms with Gasteiger partial charge in [0.15, 0.2) is 11.5 Å². The summed E-state index contributed by atoms with van der Waals surface area (Å²) in [7, 11) is 5.84. The number of benzene rings is 1. The van der Waals surface area contributed by atoms with Crippen molar-refractivity contribution in [3.63, 3.8) is 0 Å². The topological polar surface area (TPSA) is 41.9 Å². The van der Waals surface area contributed by atoms with E-state index in [-0.39, 0.29) is 17.4 Å². The summed E-state index contributed by atoms with van der Waals surface area (Å²) in [6.07, 6.45) is 8.51. The Morgan fingerprint density at radius 1 is 1.26 bits per heavy atom. The molecule has 1 N–H and O–H groups in total. The van der Waals surface area contributed by atoms with Crippen LogP contribution in [0.3, 0.4) is 0 Å². The third kappa shape index (κ3) is 1.91. The molecule has 4 rings (SSSR count). The van der Waals surface area contributed by atoms with Gasteiger partial charge < -0.3 is 19.5 Å². The summed E-state index contributed by atoms with van der Waals surface area (Å²) in [6.45, 7) is 0.945. The lowest BCUT2D eigenvalue weighted by atomic mass is 9.59. The van der Waals surface area contributed by atoms with Crippen LogP contribution in [-0.4, -0.2) is 50.0 Å². The van der Waals surface area contributed by atoms with Crippen molar-refractivity contribution < 1.29 is 14.6 Å². The van der Waals surface area contributed by atoms with Crippen LogP contribution < -0.4 is 9.47 Å². The van der Waals surface area contributed by atoms with Crippen LogP contribution in [0.1, 0.15) is 17.5 Å². The van der Waals surface area contributed by atoms with Gasteiger partial charge in [0.05, 0.1) is 12.5 Å². The summed E-state index contributed by atoms with van der Waals surface area (Å²) < 4.78 is 11.8. The Bertz CT molecular complexity index is 694. The minimum Gasteiger partial charge on any atom is -0.493 e. The van der Waals surface area contributed by atoms with Crippen molar-refractivity contribution in [1.82, 2.24) is 4.90 Å². The van der Waals surface area contributed by atoms with E-state index in [1.54, 1.807) is 7.11 Å². The predicted octanol–water partition coefficient (Wildman–Crippen LogP) is 2.22. The van der Waals surface area contributed by atoms with Gasteiger partial charge in [0.1, 0.15) is 12.2 Å². The summed E-state index contributed by atoms with van der Waals surface area (Å²) in [5.74, 6) is 1.81. The molecule has 0 bridgehead atoms. The lowest BCUT2D eigenvalue weighted by Gasteiger charge is -2.45. The molecule has 4 nitrogen and oxygen atoms in total. The van der Waals surface area contributed by atoms with Crippen LogP contribution in [0.25, 0.3) is 6.08 Å². The lowest BCUT2D eigenvalue weighted by Crippen LogP contribution is -2.53. The Hall–Kier alpha value is -1.78. The van der Waals surface area contributed by atoms with Crippen molar-refractivity contribution in [2.75, 3.05) is 27.7 Å². The summed E-state index contributed by atoms with van der Waals surface area (Å²) in [4.78, 5) is 2.19. The fourth-order valence-electron chi connectivity index (χ4n) is 4.37. The molecule has 0 amide bonds. The zero-order valence-corrected chi connectivity index (χ0v) is 13.8. The van der Waals surface area contributed by atoms with Crippen LogP contribution in [0.15, 0.2) is 30.4 Å². The maximum absolute atomic E-state index is 10.6. The van der Waals surface area contributed by atoms with E-state index in [9.17, 15) is 5.11 Å². The van der Waals surface area contributed by atoms with E-state index in [0.717, 1.165) is 24.5 Å². The lowest BCUT2D eigenvalue weighted by molar-refractivity contribution is 0.00751. The van der Waals surface area contributed by atoms with Crippen LogP contribution in [0.5, 0.6) is 11.5 Å². The number of nitrogens with zero attached hydrogens (tertiary/aromatic N) is 1. The smallest absolute Gasteiger partial charge is 0.166 e. The molecule has 1 unspecified atom stereocenters. The molecule has 4 heteroatoms. The molecule has 0 radical (unpaired) electrons. The molecule has 1 aliphatic heterocycles. The maximum Gasteiger partial charge on any atom is 0.166 e. The standard InChI is InChI=1S/C19H23NO3/c1-20(2)11-10-19-13-6-4-12-5-9-15(22-3)17(16(12)19)23-18(19)14(21)8-7-13/h4-9,13-14,18,21H,10-11H2,1-3H3/t13-,14+,18+,19?/m1/s1. The van der Waals surface area contributed by atoms with E-state index in [1.807, 2.05) is 12.1 Å². The first kappa shape index (κ1) is 14.8.